The molecule has 1 aromatic carbocycles. The van der Waals surface area contributed by atoms with E-state index in [-0.39, 0.29) is 11.6 Å². The Bertz CT molecular complexity index is 1420. The summed E-state index contributed by atoms with van der Waals surface area (Å²) in [5, 5.41) is 11.8. The molecule has 1 unspecified atom stereocenters. The van der Waals surface area contributed by atoms with E-state index in [1.165, 1.54) is 6.07 Å². The maximum atomic E-state index is 14.5. The second-order valence-corrected chi connectivity index (χ2v) is 9.52. The summed E-state index contributed by atoms with van der Waals surface area (Å²) in [7, 11) is 1.86. The topological polar surface area (TPSA) is 82.7 Å². The predicted octanol–water partition coefficient (Wildman–Crippen LogP) is 2.40. The van der Waals surface area contributed by atoms with Crippen LogP contribution in [0.15, 0.2) is 36.8 Å². The Morgan fingerprint density at radius 2 is 2.00 bits per heavy atom. The first-order chi connectivity index (χ1) is 17.0. The van der Waals surface area contributed by atoms with Gasteiger partial charge in [0.1, 0.15) is 5.52 Å². The summed E-state index contributed by atoms with van der Waals surface area (Å²) >= 11 is 0. The van der Waals surface area contributed by atoms with Crippen LogP contribution in [0.2, 0.25) is 0 Å². The number of imidazole rings is 1. The number of pyridine rings is 1. The lowest BCUT2D eigenvalue weighted by atomic mass is 10.1. The molecule has 0 spiro atoms. The van der Waals surface area contributed by atoms with Gasteiger partial charge in [0.15, 0.2) is 11.5 Å². The number of piperazine rings is 1. The third-order valence-electron chi connectivity index (χ3n) is 7.07. The molecule has 2 aliphatic rings. The second kappa shape index (κ2) is 8.62. The number of carbonyl (C=O) groups excluding carboxylic acids is 1. The highest BCUT2D eigenvalue weighted by Gasteiger charge is 2.30. The molecule has 1 amide bonds. The molecule has 10 heteroatoms. The van der Waals surface area contributed by atoms with Crippen LogP contribution in [-0.2, 0) is 7.05 Å². The Labute approximate surface area is 202 Å². The van der Waals surface area contributed by atoms with E-state index in [2.05, 4.69) is 30.5 Å². The number of halogens is 1. The molecule has 2 N–H and O–H groups in total. The number of hydrogen-bond donors (Lipinski definition) is 2. The van der Waals surface area contributed by atoms with Crippen LogP contribution in [0.5, 0.6) is 0 Å². The minimum atomic E-state index is -0.484. The molecule has 35 heavy (non-hydrogen) atoms. The summed E-state index contributed by atoms with van der Waals surface area (Å²) in [5.41, 5.74) is 3.52. The van der Waals surface area contributed by atoms with E-state index in [1.807, 2.05) is 25.4 Å². The highest BCUT2D eigenvalue weighted by atomic mass is 19.1. The molecule has 3 aromatic heterocycles. The number of nitrogens with one attached hydrogen (secondary N) is 2. The van der Waals surface area contributed by atoms with Gasteiger partial charge in [-0.2, -0.15) is 5.10 Å². The highest BCUT2D eigenvalue weighted by molar-refractivity contribution is 6.13. The van der Waals surface area contributed by atoms with E-state index in [0.717, 1.165) is 56.8 Å². The highest BCUT2D eigenvalue weighted by Crippen LogP contribution is 2.32. The number of nitrogens with zero attached hydrogens (tertiary/aromatic N) is 6. The molecule has 0 radical (unpaired) electrons. The first-order valence-electron chi connectivity index (χ1n) is 12.1. The Morgan fingerprint density at radius 1 is 1.17 bits per heavy atom. The minimum absolute atomic E-state index is 0.238. The van der Waals surface area contributed by atoms with Crippen molar-refractivity contribution in [1.82, 2.24) is 29.4 Å². The fraction of sp³-hybridized carbons (Fsp3) is 0.400. The maximum absolute atomic E-state index is 14.5. The molecule has 6 rings (SSSR count). The Balaban J connectivity index is 1.27. The van der Waals surface area contributed by atoms with Crippen molar-refractivity contribution < 1.29 is 9.18 Å². The van der Waals surface area contributed by atoms with Crippen LogP contribution >= 0.6 is 0 Å². The maximum Gasteiger partial charge on any atom is 0.257 e. The molecule has 0 saturated carbocycles. The van der Waals surface area contributed by atoms with Gasteiger partial charge in [-0.05, 0) is 25.5 Å². The van der Waals surface area contributed by atoms with E-state index in [9.17, 15) is 9.18 Å². The molecule has 1 atom stereocenters. The van der Waals surface area contributed by atoms with E-state index < -0.39 is 5.82 Å². The summed E-state index contributed by atoms with van der Waals surface area (Å²) in [4.78, 5) is 22.4. The van der Waals surface area contributed by atoms with Crippen LogP contribution in [0.25, 0.3) is 16.6 Å². The minimum Gasteiger partial charge on any atom is -0.369 e. The first-order valence-corrected chi connectivity index (χ1v) is 12.1. The van der Waals surface area contributed by atoms with E-state index >= 15 is 0 Å². The van der Waals surface area contributed by atoms with Crippen LogP contribution in [0.4, 0.5) is 15.8 Å². The molecule has 2 saturated heterocycles. The Kier molecular flexibility index (Phi) is 5.42. The number of aryl methyl sites for hydroxylation is 2. The second-order valence-electron chi connectivity index (χ2n) is 9.52. The molecule has 0 aliphatic carbocycles. The lowest BCUT2D eigenvalue weighted by molar-refractivity contribution is 0.102. The molecule has 4 aromatic rings. The Hall–Kier alpha value is -3.50. The number of benzene rings is 1. The number of fused-ring (bicyclic) bond motifs is 2. The quantitative estimate of drug-likeness (QED) is 0.471. The Morgan fingerprint density at radius 3 is 2.83 bits per heavy atom. The first kappa shape index (κ1) is 22.0. The average Bonchev–Trinajstić information content (AvgIpc) is 3.56. The third-order valence-corrected chi connectivity index (χ3v) is 7.07. The smallest absolute Gasteiger partial charge is 0.257 e. The van der Waals surface area contributed by atoms with Gasteiger partial charge in [-0.1, -0.05) is 0 Å². The van der Waals surface area contributed by atoms with Gasteiger partial charge in [0, 0.05) is 88.1 Å². The zero-order valence-electron chi connectivity index (χ0n) is 20.0. The number of carbonyl (C=O) groups is 1. The molecular weight excluding hydrogens is 447 g/mol. The normalized spacial score (nSPS) is 19.2. The summed E-state index contributed by atoms with van der Waals surface area (Å²) in [6.45, 7) is 8.02. The van der Waals surface area contributed by atoms with Gasteiger partial charge in [0.05, 0.1) is 16.9 Å². The number of anilines is 2. The third kappa shape index (κ3) is 4.02. The molecule has 9 nitrogen and oxygen atoms in total. The fourth-order valence-corrected chi connectivity index (χ4v) is 5.42. The van der Waals surface area contributed by atoms with Gasteiger partial charge in [0.2, 0.25) is 0 Å². The lowest BCUT2D eigenvalue weighted by Crippen LogP contribution is -2.49. The number of rotatable bonds is 4. The molecular formula is C25H29FN8O. The van der Waals surface area contributed by atoms with E-state index in [4.69, 9.17) is 0 Å². The van der Waals surface area contributed by atoms with Crippen molar-refractivity contribution in [3.63, 3.8) is 0 Å². The zero-order valence-corrected chi connectivity index (χ0v) is 20.0. The standard InChI is InChI=1S/C25H29FN8O/c1-16-12-34-13-17(11-21(26)24(34)28-16)29-25(35)19-3-4-22(20-15-31(2)30-23(19)20)33-8-5-18(14-33)32-9-6-27-7-10-32/h3-4,11-13,15,18,27H,5-10,14H2,1-2H3,(H,29,35). The summed E-state index contributed by atoms with van der Waals surface area (Å²) < 4.78 is 17.8. The number of aromatic nitrogens is 4. The monoisotopic (exact) mass is 476 g/mol. The van der Waals surface area contributed by atoms with Crippen LogP contribution in [-0.4, -0.2) is 75.3 Å². The predicted molar refractivity (Wildman–Crippen MR) is 134 cm³/mol. The van der Waals surface area contributed by atoms with Crippen molar-refractivity contribution in [2.24, 2.45) is 7.05 Å². The number of hydrogen-bond acceptors (Lipinski definition) is 6. The van der Waals surface area contributed by atoms with Crippen LogP contribution in [0.3, 0.4) is 0 Å². The fourth-order valence-electron chi connectivity index (χ4n) is 5.42. The molecule has 2 aliphatic heterocycles. The van der Waals surface area contributed by atoms with Gasteiger partial charge < -0.3 is 19.9 Å². The SMILES string of the molecule is Cc1cn2cc(NC(=O)c3ccc(N4CCC(N5CCNCC5)C4)c4cn(C)nc34)cc(F)c2n1. The van der Waals surface area contributed by atoms with Crippen LogP contribution in [0.1, 0.15) is 22.5 Å². The van der Waals surface area contributed by atoms with E-state index in [1.54, 1.807) is 28.4 Å². The van der Waals surface area contributed by atoms with Gasteiger partial charge in [-0.15, -0.1) is 0 Å². The van der Waals surface area contributed by atoms with Crippen molar-refractivity contribution in [2.45, 2.75) is 19.4 Å². The van der Waals surface area contributed by atoms with Crippen LogP contribution in [0, 0.1) is 12.7 Å². The zero-order chi connectivity index (χ0) is 24.1. The lowest BCUT2D eigenvalue weighted by Gasteiger charge is -2.32. The van der Waals surface area contributed by atoms with Crippen molar-refractivity contribution >= 4 is 33.8 Å². The molecule has 0 bridgehead atoms. The molecule has 182 valence electrons. The van der Waals surface area contributed by atoms with Crippen molar-refractivity contribution in [3.05, 3.63) is 53.9 Å². The van der Waals surface area contributed by atoms with Gasteiger partial charge in [-0.3, -0.25) is 14.4 Å². The van der Waals surface area contributed by atoms with Gasteiger partial charge in [0.25, 0.3) is 5.91 Å². The summed E-state index contributed by atoms with van der Waals surface area (Å²) in [6, 6.07) is 5.68. The largest absolute Gasteiger partial charge is 0.369 e. The average molecular weight is 477 g/mol. The molecule has 5 heterocycles. The van der Waals surface area contributed by atoms with Crippen molar-refractivity contribution in [3.8, 4) is 0 Å². The molecule has 2 fully saturated rings. The van der Waals surface area contributed by atoms with Gasteiger partial charge in [-0.25, -0.2) is 9.37 Å². The van der Waals surface area contributed by atoms with Crippen LogP contribution < -0.4 is 15.5 Å². The summed E-state index contributed by atoms with van der Waals surface area (Å²) in [6.07, 6.45) is 6.50. The van der Waals surface area contributed by atoms with Gasteiger partial charge >= 0.3 is 0 Å². The van der Waals surface area contributed by atoms with Crippen molar-refractivity contribution in [1.29, 1.82) is 0 Å². The number of amides is 1. The van der Waals surface area contributed by atoms with E-state index in [0.29, 0.717) is 28.5 Å². The van der Waals surface area contributed by atoms with Crippen molar-refractivity contribution in [2.75, 3.05) is 49.5 Å². The summed E-state index contributed by atoms with van der Waals surface area (Å²) in [5.74, 6) is -0.807.